The maximum Gasteiger partial charge on any atom is 0.270 e. The Bertz CT molecular complexity index is 444. The van der Waals surface area contributed by atoms with Crippen LogP contribution in [-0.4, -0.2) is 35.0 Å². The summed E-state index contributed by atoms with van der Waals surface area (Å²) in [5, 5.41) is 7.07. The number of carbonyl (C=O) groups excluding carboxylic acids is 1. The van der Waals surface area contributed by atoms with Crippen molar-refractivity contribution in [2.45, 2.75) is 43.9 Å². The molecule has 20 heavy (non-hydrogen) atoms. The van der Waals surface area contributed by atoms with Gasteiger partial charge >= 0.3 is 0 Å². The van der Waals surface area contributed by atoms with E-state index < -0.39 is 0 Å². The van der Waals surface area contributed by atoms with Crippen LogP contribution < -0.4 is 10.6 Å². The van der Waals surface area contributed by atoms with Crippen LogP contribution in [0.1, 0.15) is 43.1 Å². The van der Waals surface area contributed by atoms with E-state index in [0.717, 1.165) is 30.3 Å². The van der Waals surface area contributed by atoms with E-state index in [1.165, 1.54) is 12.8 Å². The lowest BCUT2D eigenvalue weighted by molar-refractivity contribution is 0.0923. The maximum absolute atomic E-state index is 12.2. The Hall–Kier alpha value is -1.23. The molecule has 0 radical (unpaired) electrons. The minimum absolute atomic E-state index is 0.0580. The van der Waals surface area contributed by atoms with Gasteiger partial charge in [-0.25, -0.2) is 0 Å². The van der Waals surface area contributed by atoms with E-state index >= 15 is 0 Å². The minimum Gasteiger partial charge on any atom is -0.385 e. The molecule has 1 aromatic heterocycles. The van der Waals surface area contributed by atoms with Gasteiger partial charge in [-0.15, -0.1) is 0 Å². The summed E-state index contributed by atoms with van der Waals surface area (Å²) < 4.78 is 0. The fourth-order valence-corrected chi connectivity index (χ4v) is 3.31. The third-order valence-electron chi connectivity index (χ3n) is 3.72. The zero-order valence-corrected chi connectivity index (χ0v) is 13.0. The molecule has 0 aromatic carbocycles. The predicted octanol–water partition coefficient (Wildman–Crippen LogP) is 2.92. The van der Waals surface area contributed by atoms with Gasteiger partial charge in [0.25, 0.3) is 5.91 Å². The number of rotatable bonds is 5. The summed E-state index contributed by atoms with van der Waals surface area (Å²) in [4.78, 5) is 16.4. The molecule has 0 aliphatic heterocycles. The van der Waals surface area contributed by atoms with Crippen molar-refractivity contribution < 1.29 is 4.79 Å². The fraction of sp³-hybridized carbons (Fsp3) is 0.600. The Morgan fingerprint density at radius 3 is 2.80 bits per heavy atom. The van der Waals surface area contributed by atoms with Crippen molar-refractivity contribution in [3.05, 3.63) is 24.0 Å². The molecule has 0 atom stereocenters. The Morgan fingerprint density at radius 1 is 1.40 bits per heavy atom. The first-order valence-corrected chi connectivity index (χ1v) is 8.55. The lowest BCUT2D eigenvalue weighted by Crippen LogP contribution is -2.38. The Kier molecular flexibility index (Phi) is 5.71. The van der Waals surface area contributed by atoms with Crippen LogP contribution >= 0.6 is 11.8 Å². The van der Waals surface area contributed by atoms with E-state index in [4.69, 9.17) is 0 Å². The van der Waals surface area contributed by atoms with Crippen LogP contribution in [0.4, 0.5) is 5.69 Å². The van der Waals surface area contributed by atoms with Crippen LogP contribution in [-0.2, 0) is 0 Å². The van der Waals surface area contributed by atoms with Gasteiger partial charge in [0.1, 0.15) is 5.69 Å². The van der Waals surface area contributed by atoms with E-state index in [1.807, 2.05) is 30.8 Å². The zero-order chi connectivity index (χ0) is 14.4. The number of anilines is 1. The number of carbonyl (C=O) groups is 1. The highest BCUT2D eigenvalue weighted by atomic mass is 32.2. The molecule has 2 N–H and O–H groups in total. The standard InChI is InChI=1S/C15H23N3OS/c1-3-16-12-8-9-17-14(10-12)15(19)18-11-4-6-13(20-2)7-5-11/h8-11,13H,3-7H2,1-2H3,(H,16,17)(H,18,19). The Morgan fingerprint density at radius 2 is 2.15 bits per heavy atom. The van der Waals surface area contributed by atoms with Crippen LogP contribution in [0.2, 0.25) is 0 Å². The smallest absolute Gasteiger partial charge is 0.270 e. The molecule has 1 fully saturated rings. The molecular formula is C15H23N3OS. The highest BCUT2D eigenvalue weighted by Gasteiger charge is 2.22. The number of amides is 1. The number of nitrogens with zero attached hydrogens (tertiary/aromatic N) is 1. The third-order valence-corrected chi connectivity index (χ3v) is 4.85. The predicted molar refractivity (Wildman–Crippen MR) is 85.4 cm³/mol. The number of hydrogen-bond acceptors (Lipinski definition) is 4. The number of hydrogen-bond donors (Lipinski definition) is 2. The van der Waals surface area contributed by atoms with Gasteiger partial charge in [0.2, 0.25) is 0 Å². The molecule has 4 nitrogen and oxygen atoms in total. The van der Waals surface area contributed by atoms with Crippen LogP contribution in [0, 0.1) is 0 Å². The van der Waals surface area contributed by atoms with E-state index in [1.54, 1.807) is 6.20 Å². The van der Waals surface area contributed by atoms with Gasteiger partial charge in [0, 0.05) is 29.7 Å². The lowest BCUT2D eigenvalue weighted by atomic mass is 9.95. The molecule has 1 aromatic rings. The van der Waals surface area contributed by atoms with E-state index in [-0.39, 0.29) is 5.91 Å². The van der Waals surface area contributed by atoms with Gasteiger partial charge in [-0.1, -0.05) is 0 Å². The molecule has 5 heteroatoms. The quantitative estimate of drug-likeness (QED) is 0.876. The van der Waals surface area contributed by atoms with Crippen molar-refractivity contribution >= 4 is 23.4 Å². The molecule has 1 aliphatic carbocycles. The summed E-state index contributed by atoms with van der Waals surface area (Å²) in [5.74, 6) is -0.0580. The SMILES string of the molecule is CCNc1ccnc(C(=O)NC2CCC(SC)CC2)c1. The van der Waals surface area contributed by atoms with Gasteiger partial charge in [0.05, 0.1) is 0 Å². The van der Waals surface area contributed by atoms with Crippen molar-refractivity contribution in [3.63, 3.8) is 0 Å². The molecule has 110 valence electrons. The van der Waals surface area contributed by atoms with Gasteiger partial charge in [-0.05, 0) is 51.0 Å². The fourth-order valence-electron chi connectivity index (χ4n) is 2.57. The number of aromatic nitrogens is 1. The molecule has 0 saturated heterocycles. The molecular weight excluding hydrogens is 270 g/mol. The average Bonchev–Trinajstić information content (AvgIpc) is 2.48. The van der Waals surface area contributed by atoms with E-state index in [2.05, 4.69) is 21.9 Å². The second kappa shape index (κ2) is 7.53. The second-order valence-electron chi connectivity index (χ2n) is 5.14. The summed E-state index contributed by atoms with van der Waals surface area (Å²) in [5.41, 5.74) is 1.44. The minimum atomic E-state index is -0.0580. The van der Waals surface area contributed by atoms with Crippen LogP contribution in [0.15, 0.2) is 18.3 Å². The molecule has 1 amide bonds. The largest absolute Gasteiger partial charge is 0.385 e. The van der Waals surface area contributed by atoms with Gasteiger partial charge < -0.3 is 10.6 Å². The number of nitrogens with one attached hydrogen (secondary N) is 2. The van der Waals surface area contributed by atoms with Crippen LogP contribution in [0.5, 0.6) is 0 Å². The monoisotopic (exact) mass is 293 g/mol. The Labute approximate surface area is 125 Å². The second-order valence-corrected chi connectivity index (χ2v) is 6.28. The van der Waals surface area contributed by atoms with Gasteiger partial charge in [-0.2, -0.15) is 11.8 Å². The molecule has 2 rings (SSSR count). The highest BCUT2D eigenvalue weighted by molar-refractivity contribution is 7.99. The maximum atomic E-state index is 12.2. The molecule has 1 aliphatic rings. The summed E-state index contributed by atoms with van der Waals surface area (Å²) in [6.45, 7) is 2.87. The zero-order valence-electron chi connectivity index (χ0n) is 12.2. The van der Waals surface area contributed by atoms with Gasteiger partial charge in [-0.3, -0.25) is 9.78 Å². The molecule has 0 unspecified atom stereocenters. The van der Waals surface area contributed by atoms with Crippen LogP contribution in [0.25, 0.3) is 0 Å². The topological polar surface area (TPSA) is 54.0 Å². The molecule has 1 saturated carbocycles. The summed E-state index contributed by atoms with van der Waals surface area (Å²) in [7, 11) is 0. The lowest BCUT2D eigenvalue weighted by Gasteiger charge is -2.27. The first kappa shape index (κ1) is 15.2. The summed E-state index contributed by atoms with van der Waals surface area (Å²) >= 11 is 1.94. The van der Waals surface area contributed by atoms with Crippen molar-refractivity contribution in [2.75, 3.05) is 18.1 Å². The molecule has 1 heterocycles. The van der Waals surface area contributed by atoms with Crippen molar-refractivity contribution in [2.24, 2.45) is 0 Å². The van der Waals surface area contributed by atoms with E-state index in [9.17, 15) is 4.79 Å². The third kappa shape index (κ3) is 4.13. The van der Waals surface area contributed by atoms with Crippen LogP contribution in [0.3, 0.4) is 0 Å². The molecule has 0 bridgehead atoms. The van der Waals surface area contributed by atoms with Crippen molar-refractivity contribution in [1.82, 2.24) is 10.3 Å². The average molecular weight is 293 g/mol. The highest BCUT2D eigenvalue weighted by Crippen LogP contribution is 2.26. The first-order valence-electron chi connectivity index (χ1n) is 7.26. The first-order chi connectivity index (χ1) is 9.72. The van der Waals surface area contributed by atoms with Crippen molar-refractivity contribution in [1.29, 1.82) is 0 Å². The summed E-state index contributed by atoms with van der Waals surface area (Å²) in [6.07, 6.45) is 8.37. The molecule has 0 spiro atoms. The number of pyridine rings is 1. The van der Waals surface area contributed by atoms with Crippen molar-refractivity contribution in [3.8, 4) is 0 Å². The normalized spacial score (nSPS) is 22.3. The Balaban J connectivity index is 1.90. The van der Waals surface area contributed by atoms with Gasteiger partial charge in [0.15, 0.2) is 0 Å². The summed E-state index contributed by atoms with van der Waals surface area (Å²) in [6, 6.07) is 3.99. The number of thioether (sulfide) groups is 1. The van der Waals surface area contributed by atoms with E-state index in [0.29, 0.717) is 11.7 Å².